The SMILES string of the molecule is Nc1c(N=Nc2ccc3c(O)c(N=Nc4cc(N=Nc5c(OC=O)nn(-c6ccc(S(=O)(=O)O)cc6)c5O)c(S(=O)(=O)O)cc4[N+](=O)[O-])c(S(=O)(=O)O)cc3c2S(=O)(=O)O)cc(S(=O)(=O)O)c2ccc(N=Nc3ccc([N+](=O)[O-])cc3S(=O)(=O)O)c(O)c12. The van der Waals surface area contributed by atoms with E-state index in [1.165, 1.54) is 0 Å². The van der Waals surface area contributed by atoms with Crippen molar-refractivity contribution in [3.05, 3.63) is 111 Å². The summed E-state index contributed by atoms with van der Waals surface area (Å²) in [5, 5.41) is 86.5. The van der Waals surface area contributed by atoms with Crippen LogP contribution in [0.25, 0.3) is 27.2 Å². The number of ether oxygens (including phenoxy) is 1. The lowest BCUT2D eigenvalue weighted by Crippen LogP contribution is -2.03. The summed E-state index contributed by atoms with van der Waals surface area (Å²) in [4.78, 5) is 25.1. The predicted molar refractivity (Wildman–Crippen MR) is 289 cm³/mol. The average Bonchev–Trinajstić information content (AvgIpc) is 0.959. The number of nitro benzene ring substituents is 2. The van der Waals surface area contributed by atoms with Crippen molar-refractivity contribution < 1.29 is 113 Å². The van der Waals surface area contributed by atoms with E-state index in [9.17, 15) is 118 Å². The van der Waals surface area contributed by atoms with Gasteiger partial charge in [0, 0.05) is 40.4 Å². The maximum atomic E-state index is 13.1. The third-order valence-corrected chi connectivity index (χ3v) is 16.9. The van der Waals surface area contributed by atoms with Gasteiger partial charge in [-0.05, 0) is 60.7 Å². The van der Waals surface area contributed by atoms with E-state index in [1.54, 1.807) is 0 Å². The summed E-state index contributed by atoms with van der Waals surface area (Å²) >= 11 is 0. The molecular weight excluding hydrogens is 1310 g/mol. The second-order valence-corrected chi connectivity index (χ2v) is 25.3. The molecule has 11 N–H and O–H groups in total. The Morgan fingerprint density at radius 1 is 0.489 bits per heavy atom. The lowest BCUT2D eigenvalue weighted by Gasteiger charge is -2.13. The second kappa shape index (κ2) is 22.8. The molecule has 40 nitrogen and oxygen atoms in total. The first-order valence-electron chi connectivity index (χ1n) is 22.3. The first-order chi connectivity index (χ1) is 40.7. The lowest BCUT2D eigenvalue weighted by atomic mass is 10.1. The number of phenolic OH excluding ortho intramolecular Hbond substituents is 2. The molecule has 1 heterocycles. The van der Waals surface area contributed by atoms with Gasteiger partial charge >= 0.3 is 0 Å². The summed E-state index contributed by atoms with van der Waals surface area (Å²) in [7, 11) is -32.5. The Kier molecular flexibility index (Phi) is 16.5. The van der Waals surface area contributed by atoms with Crippen LogP contribution in [0, 0.1) is 20.2 Å². The van der Waals surface area contributed by atoms with Crippen LogP contribution in [0.15, 0.2) is 161 Å². The van der Waals surface area contributed by atoms with Crippen LogP contribution < -0.4 is 10.5 Å². The molecule has 0 aliphatic heterocycles. The molecule has 8 aromatic rings. The van der Waals surface area contributed by atoms with Gasteiger partial charge in [-0.1, -0.05) is 6.07 Å². The van der Waals surface area contributed by atoms with Crippen LogP contribution >= 0.6 is 0 Å². The molecule has 0 aliphatic rings. The normalized spacial score (nSPS) is 13.0. The first kappa shape index (κ1) is 63.6. The van der Waals surface area contributed by atoms with Crippen LogP contribution in [0.2, 0.25) is 0 Å². The van der Waals surface area contributed by atoms with Crippen molar-refractivity contribution in [3.8, 4) is 28.9 Å². The molecule has 88 heavy (non-hydrogen) atoms. The first-order valence-corrected chi connectivity index (χ1v) is 30.9. The number of nitrogen functional groups attached to an aromatic ring is 1. The van der Waals surface area contributed by atoms with E-state index in [-0.39, 0.29) is 24.3 Å². The minimum atomic E-state index is -5.84. The molecule has 8 rings (SSSR count). The van der Waals surface area contributed by atoms with Gasteiger partial charge in [0.2, 0.25) is 11.6 Å². The van der Waals surface area contributed by atoms with Crippen LogP contribution in [0.3, 0.4) is 0 Å². The van der Waals surface area contributed by atoms with Gasteiger partial charge in [-0.15, -0.1) is 46.0 Å². The molecule has 0 spiro atoms. The largest absolute Gasteiger partial charge is 0.505 e. The number of azo groups is 4. The number of phenols is 2. The predicted octanol–water partition coefficient (Wildman–Crippen LogP) is 7.37. The molecule has 0 radical (unpaired) electrons. The number of carbonyl (C=O) groups excluding carboxylic acids is 1. The van der Waals surface area contributed by atoms with E-state index in [0.717, 1.165) is 48.5 Å². The van der Waals surface area contributed by atoms with Gasteiger partial charge < -0.3 is 25.8 Å². The monoisotopic (exact) mass is 1340 g/mol. The molecule has 0 bridgehead atoms. The van der Waals surface area contributed by atoms with Gasteiger partial charge in [0.15, 0.2) is 17.2 Å². The summed E-state index contributed by atoms with van der Waals surface area (Å²) < 4.78 is 215. The van der Waals surface area contributed by atoms with E-state index in [0.29, 0.717) is 35.0 Å². The van der Waals surface area contributed by atoms with Crippen molar-refractivity contribution >= 4 is 151 Å². The quantitative estimate of drug-likeness (QED) is 0.00942. The maximum Gasteiger partial charge on any atom is 0.299 e. The van der Waals surface area contributed by atoms with Gasteiger partial charge in [0.05, 0.1) is 31.5 Å². The molecule has 0 unspecified atom stereocenters. The fourth-order valence-corrected chi connectivity index (χ4v) is 11.7. The number of anilines is 1. The number of aromatic nitrogens is 2. The summed E-state index contributed by atoms with van der Waals surface area (Å²) in [5.41, 5.74) is -4.91. The Bertz CT molecular complexity index is 5260. The zero-order chi connectivity index (χ0) is 65.1. The number of carbonyl (C=O) groups is 1. The van der Waals surface area contributed by atoms with Crippen LogP contribution in [-0.2, 0) is 65.5 Å². The number of fused-ring (bicyclic) bond motifs is 2. The number of hydrogen-bond donors (Lipinski definition) is 10. The number of nitro groups is 2. The number of aromatic hydroxyl groups is 3. The van der Waals surface area contributed by atoms with E-state index in [4.69, 9.17) is 5.73 Å². The molecule has 0 aliphatic carbocycles. The summed E-state index contributed by atoms with van der Waals surface area (Å²) in [6.45, 7) is -0.246. The molecule has 0 amide bonds. The highest BCUT2D eigenvalue weighted by atomic mass is 32.2. The third kappa shape index (κ3) is 12.8. The molecule has 7 aromatic carbocycles. The Morgan fingerprint density at radius 3 is 1.58 bits per heavy atom. The minimum Gasteiger partial charge on any atom is -0.505 e. The summed E-state index contributed by atoms with van der Waals surface area (Å²) in [5.74, 6) is -4.58. The molecular formula is C42H27N13O27S6. The standard InChI is InChI=1S/C42H27N13O27S6/c43-35-28(14-30(84(67,68)69)21-7-9-24(39(58)34(21)35)45-44-23-8-3-18(54(60)61)11-31(23)85(70,71)72)49-46-25-10-6-20-22(40(25)88(79,80)81)12-33(87(76,77)78)36(38(20)57)50-47-26-13-27(32(86(73,74)75)15-29(26)55(62)63)48-51-37-41(82-16-56)52-53(42(37)59)17-1-4-19(5-2-17)83(64,65)66/h1-16,57-59H,43H2,(H,64,65,66)(H,67,68,69)(H,70,71,72)(H,73,74,75)(H,76,77,78)(H,79,80,81). The number of non-ortho nitro benzene ring substituents is 1. The lowest BCUT2D eigenvalue weighted by molar-refractivity contribution is -0.385. The van der Waals surface area contributed by atoms with Crippen LogP contribution in [0.1, 0.15) is 0 Å². The van der Waals surface area contributed by atoms with E-state index in [1.807, 2.05) is 0 Å². The van der Waals surface area contributed by atoms with Gasteiger partial charge in [-0.3, -0.25) is 52.3 Å². The Morgan fingerprint density at radius 2 is 1.01 bits per heavy atom. The van der Waals surface area contributed by atoms with Crippen molar-refractivity contribution in [2.24, 2.45) is 40.9 Å². The van der Waals surface area contributed by atoms with Gasteiger partial charge in [-0.25, -0.2) is 0 Å². The highest BCUT2D eigenvalue weighted by Crippen LogP contribution is 2.49. The second-order valence-electron chi connectivity index (χ2n) is 17.0. The minimum absolute atomic E-state index is 0.0968. The number of nitrogens with zero attached hydrogens (tertiary/aromatic N) is 12. The third-order valence-electron chi connectivity index (χ3n) is 11.6. The van der Waals surface area contributed by atoms with Crippen molar-refractivity contribution in [3.63, 3.8) is 0 Å². The van der Waals surface area contributed by atoms with Crippen LogP contribution in [-0.4, -0.2) is 119 Å². The highest BCUT2D eigenvalue weighted by molar-refractivity contribution is 7.87. The molecule has 0 saturated heterocycles. The fourth-order valence-electron chi connectivity index (χ4n) is 7.79. The van der Waals surface area contributed by atoms with E-state index < -0.39 is 207 Å². The molecule has 1 aromatic heterocycles. The zero-order valence-electron chi connectivity index (χ0n) is 42.0. The average molecular weight is 1340 g/mol. The van der Waals surface area contributed by atoms with E-state index >= 15 is 0 Å². The molecule has 458 valence electrons. The van der Waals surface area contributed by atoms with E-state index in [2.05, 4.69) is 50.7 Å². The van der Waals surface area contributed by atoms with Gasteiger partial charge in [0.25, 0.3) is 84.4 Å². The molecule has 46 heteroatoms. The number of nitrogens with two attached hydrogens (primary N) is 1. The molecule has 0 atom stereocenters. The van der Waals surface area contributed by atoms with Crippen molar-refractivity contribution in [2.75, 3.05) is 5.73 Å². The topological polar surface area (TPSA) is 642 Å². The molecule has 0 fully saturated rings. The van der Waals surface area contributed by atoms with Crippen molar-refractivity contribution in [1.29, 1.82) is 0 Å². The molecule has 0 saturated carbocycles. The summed E-state index contributed by atoms with van der Waals surface area (Å²) in [6, 6.07) is 9.79. The Labute approximate surface area is 487 Å². The van der Waals surface area contributed by atoms with Crippen LogP contribution in [0.5, 0.6) is 23.3 Å². The van der Waals surface area contributed by atoms with Crippen molar-refractivity contribution in [2.45, 2.75) is 29.4 Å². The summed E-state index contributed by atoms with van der Waals surface area (Å²) in [6.07, 6.45) is 0. The van der Waals surface area contributed by atoms with Gasteiger partial charge in [-0.2, -0.15) is 55.2 Å². The number of hydrogen-bond acceptors (Lipinski definition) is 31. The van der Waals surface area contributed by atoms with Crippen LogP contribution in [0.4, 0.5) is 62.6 Å². The van der Waals surface area contributed by atoms with Crippen molar-refractivity contribution in [1.82, 2.24) is 9.78 Å². The maximum absolute atomic E-state index is 13.1. The number of benzene rings is 7. The highest BCUT2D eigenvalue weighted by Gasteiger charge is 2.31. The smallest absolute Gasteiger partial charge is 0.299 e. The zero-order valence-corrected chi connectivity index (χ0v) is 46.9. The fraction of sp³-hybridized carbons (Fsp3) is 0. The Hall–Kier alpha value is -10.4. The van der Waals surface area contributed by atoms with Gasteiger partial charge in [0.1, 0.15) is 58.6 Å². The number of rotatable bonds is 19. The Balaban J connectivity index is 1.25.